The number of carbonyl (C=O) groups excluding carboxylic acids is 2. The highest BCUT2D eigenvalue weighted by atomic mass is 35.5. The average molecular weight is 482 g/mol. The number of aromatic nitrogens is 2. The lowest BCUT2D eigenvalue weighted by atomic mass is 10.0. The SMILES string of the molecule is O=C(Cn1nc(C(F)(F)F)c(Cl)c1C1CC1)Nc1ccc(Cl)cc1C(=O)c1ccccc1. The van der Waals surface area contributed by atoms with E-state index in [9.17, 15) is 22.8 Å². The lowest BCUT2D eigenvalue weighted by Crippen LogP contribution is -2.22. The molecule has 0 saturated heterocycles. The number of rotatable bonds is 6. The fraction of sp³-hybridized carbons (Fsp3) is 0.227. The number of benzene rings is 2. The van der Waals surface area contributed by atoms with Gasteiger partial charge in [-0.1, -0.05) is 53.5 Å². The second-order valence-electron chi connectivity index (χ2n) is 7.41. The van der Waals surface area contributed by atoms with Gasteiger partial charge in [-0.25, -0.2) is 0 Å². The van der Waals surface area contributed by atoms with Gasteiger partial charge in [0.15, 0.2) is 11.5 Å². The summed E-state index contributed by atoms with van der Waals surface area (Å²) < 4.78 is 40.7. The number of halogens is 5. The summed E-state index contributed by atoms with van der Waals surface area (Å²) in [7, 11) is 0. The van der Waals surface area contributed by atoms with Crippen molar-refractivity contribution in [2.24, 2.45) is 0 Å². The fourth-order valence-corrected chi connectivity index (χ4v) is 3.95. The molecular formula is C22H16Cl2F3N3O2. The highest BCUT2D eigenvalue weighted by molar-refractivity contribution is 6.32. The summed E-state index contributed by atoms with van der Waals surface area (Å²) in [6, 6.07) is 12.8. The van der Waals surface area contributed by atoms with Crippen LogP contribution in [0.2, 0.25) is 10.0 Å². The summed E-state index contributed by atoms with van der Waals surface area (Å²) in [5, 5.41) is 5.97. The van der Waals surface area contributed by atoms with Gasteiger partial charge in [0.2, 0.25) is 5.91 Å². The largest absolute Gasteiger partial charge is 0.436 e. The van der Waals surface area contributed by atoms with Crippen molar-refractivity contribution in [3.63, 3.8) is 0 Å². The van der Waals surface area contributed by atoms with Gasteiger partial charge in [0, 0.05) is 22.1 Å². The maximum Gasteiger partial charge on any atom is 0.436 e. The molecule has 4 rings (SSSR count). The van der Waals surface area contributed by atoms with Gasteiger partial charge >= 0.3 is 6.18 Å². The zero-order valence-electron chi connectivity index (χ0n) is 16.4. The number of alkyl halides is 3. The van der Waals surface area contributed by atoms with E-state index >= 15 is 0 Å². The number of hydrogen-bond donors (Lipinski definition) is 1. The molecule has 3 aromatic rings. The van der Waals surface area contributed by atoms with Crippen molar-refractivity contribution < 1.29 is 22.8 Å². The molecule has 0 atom stereocenters. The van der Waals surface area contributed by atoms with Gasteiger partial charge in [0.1, 0.15) is 6.54 Å². The highest BCUT2D eigenvalue weighted by Gasteiger charge is 2.42. The summed E-state index contributed by atoms with van der Waals surface area (Å²) in [5.74, 6) is -1.17. The van der Waals surface area contributed by atoms with Crippen LogP contribution in [-0.2, 0) is 17.5 Å². The standard InChI is InChI=1S/C22H16Cl2F3N3O2/c23-14-8-9-16(15(10-14)20(32)13-4-2-1-3-5-13)28-17(31)11-30-19(12-6-7-12)18(24)21(29-30)22(25,26)27/h1-5,8-10,12H,6-7,11H2,(H,28,31). The maximum atomic E-state index is 13.2. The summed E-state index contributed by atoms with van der Waals surface area (Å²) in [4.78, 5) is 25.6. The van der Waals surface area contributed by atoms with E-state index in [1.807, 2.05) is 0 Å². The van der Waals surface area contributed by atoms with E-state index in [1.165, 1.54) is 18.2 Å². The fourth-order valence-electron chi connectivity index (χ4n) is 3.39. The molecule has 32 heavy (non-hydrogen) atoms. The molecule has 2 aromatic carbocycles. The van der Waals surface area contributed by atoms with Crippen LogP contribution in [0.3, 0.4) is 0 Å². The first-order valence-electron chi connectivity index (χ1n) is 9.67. The van der Waals surface area contributed by atoms with Crippen LogP contribution >= 0.6 is 23.2 Å². The summed E-state index contributed by atoms with van der Waals surface area (Å²) in [5.41, 5.74) is -0.259. The molecule has 166 valence electrons. The monoisotopic (exact) mass is 481 g/mol. The molecule has 0 unspecified atom stereocenters. The number of hydrogen-bond acceptors (Lipinski definition) is 3. The zero-order chi connectivity index (χ0) is 23.0. The predicted octanol–water partition coefficient (Wildman–Crippen LogP) is 5.96. The molecule has 1 aliphatic rings. The third-order valence-corrected chi connectivity index (χ3v) is 5.60. The third kappa shape index (κ3) is 4.66. The van der Waals surface area contributed by atoms with Crippen LogP contribution in [0, 0.1) is 0 Å². The molecule has 5 nitrogen and oxygen atoms in total. The van der Waals surface area contributed by atoms with E-state index < -0.39 is 29.3 Å². The van der Waals surface area contributed by atoms with Gasteiger partial charge in [0.25, 0.3) is 0 Å². The second kappa shape index (κ2) is 8.60. The number of ketones is 1. The van der Waals surface area contributed by atoms with Gasteiger partial charge in [-0.2, -0.15) is 18.3 Å². The lowest BCUT2D eigenvalue weighted by Gasteiger charge is -2.12. The van der Waals surface area contributed by atoms with Gasteiger partial charge in [-0.3, -0.25) is 14.3 Å². The van der Waals surface area contributed by atoms with Gasteiger partial charge in [-0.05, 0) is 31.0 Å². The molecule has 1 fully saturated rings. The van der Waals surface area contributed by atoms with Gasteiger partial charge < -0.3 is 5.32 Å². The van der Waals surface area contributed by atoms with Crippen LogP contribution in [0.15, 0.2) is 48.5 Å². The molecule has 1 amide bonds. The molecule has 1 aliphatic carbocycles. The van der Waals surface area contributed by atoms with E-state index in [0.29, 0.717) is 23.4 Å². The zero-order valence-corrected chi connectivity index (χ0v) is 17.9. The van der Waals surface area contributed by atoms with Crippen molar-refractivity contribution in [3.05, 3.63) is 81.1 Å². The molecular weight excluding hydrogens is 466 g/mol. The van der Waals surface area contributed by atoms with E-state index in [0.717, 1.165) is 4.68 Å². The van der Waals surface area contributed by atoms with E-state index in [1.54, 1.807) is 30.3 Å². The second-order valence-corrected chi connectivity index (χ2v) is 8.23. The lowest BCUT2D eigenvalue weighted by molar-refractivity contribution is -0.141. The van der Waals surface area contributed by atoms with Crippen molar-refractivity contribution in [3.8, 4) is 0 Å². The Morgan fingerprint density at radius 3 is 2.41 bits per heavy atom. The number of nitrogens with one attached hydrogen (secondary N) is 1. The van der Waals surface area contributed by atoms with Crippen LogP contribution < -0.4 is 5.32 Å². The summed E-state index contributed by atoms with van der Waals surface area (Å²) >= 11 is 12.0. The van der Waals surface area contributed by atoms with Gasteiger partial charge in [0.05, 0.1) is 16.4 Å². The normalized spacial score (nSPS) is 13.8. The third-order valence-electron chi connectivity index (χ3n) is 4.99. The van der Waals surface area contributed by atoms with Crippen LogP contribution in [0.25, 0.3) is 0 Å². The Hall–Kier alpha value is -2.84. The Balaban J connectivity index is 1.60. The average Bonchev–Trinajstić information content (AvgIpc) is 3.52. The van der Waals surface area contributed by atoms with Crippen molar-refractivity contribution in [2.75, 3.05) is 5.32 Å². The first kappa shape index (κ1) is 22.4. The Kier molecular flexibility index (Phi) is 6.01. The molecule has 1 heterocycles. The van der Waals surface area contributed by atoms with Crippen LogP contribution in [0.5, 0.6) is 0 Å². The van der Waals surface area contributed by atoms with E-state index in [-0.39, 0.29) is 28.6 Å². The Labute approximate surface area is 191 Å². The Morgan fingerprint density at radius 1 is 1.09 bits per heavy atom. The predicted molar refractivity (Wildman–Crippen MR) is 114 cm³/mol. The number of nitrogens with zero attached hydrogens (tertiary/aromatic N) is 2. The van der Waals surface area contributed by atoms with Crippen molar-refractivity contribution >= 4 is 40.6 Å². The minimum atomic E-state index is -4.73. The quantitative estimate of drug-likeness (QED) is 0.442. The smallest absolute Gasteiger partial charge is 0.324 e. The van der Waals surface area contributed by atoms with Crippen LogP contribution in [0.4, 0.5) is 18.9 Å². The molecule has 0 radical (unpaired) electrons. The molecule has 1 saturated carbocycles. The molecule has 0 aliphatic heterocycles. The van der Waals surface area contributed by atoms with Crippen molar-refractivity contribution in [2.45, 2.75) is 31.5 Å². The number of anilines is 1. The highest BCUT2D eigenvalue weighted by Crippen LogP contribution is 2.46. The summed E-state index contributed by atoms with van der Waals surface area (Å²) in [6.07, 6.45) is -3.37. The van der Waals surface area contributed by atoms with Gasteiger partial charge in [-0.15, -0.1) is 0 Å². The topological polar surface area (TPSA) is 64.0 Å². The first-order valence-corrected chi connectivity index (χ1v) is 10.4. The molecule has 0 spiro atoms. The first-order chi connectivity index (χ1) is 15.1. The molecule has 10 heteroatoms. The van der Waals surface area contributed by atoms with Crippen LogP contribution in [0.1, 0.15) is 46.1 Å². The Bertz CT molecular complexity index is 1190. The van der Waals surface area contributed by atoms with Crippen LogP contribution in [-0.4, -0.2) is 21.5 Å². The number of carbonyl (C=O) groups is 2. The van der Waals surface area contributed by atoms with E-state index in [2.05, 4.69) is 10.4 Å². The van der Waals surface area contributed by atoms with Crippen molar-refractivity contribution in [1.29, 1.82) is 0 Å². The summed E-state index contributed by atoms with van der Waals surface area (Å²) in [6.45, 7) is -0.483. The van der Waals surface area contributed by atoms with E-state index in [4.69, 9.17) is 23.2 Å². The van der Waals surface area contributed by atoms with Crippen molar-refractivity contribution in [1.82, 2.24) is 9.78 Å². The maximum absolute atomic E-state index is 13.2. The molecule has 0 bridgehead atoms. The minimum absolute atomic E-state index is 0.161. The molecule has 1 aromatic heterocycles. The Morgan fingerprint density at radius 2 is 1.78 bits per heavy atom. The number of amides is 1. The molecule has 1 N–H and O–H groups in total. The minimum Gasteiger partial charge on any atom is -0.324 e.